The average molecular weight is 2140 g/mol. The van der Waals surface area contributed by atoms with Crippen molar-refractivity contribution in [2.24, 2.45) is 28.5 Å². The number of fused-ring (bicyclic) bond motifs is 4. The van der Waals surface area contributed by atoms with Gasteiger partial charge in [-0.1, -0.05) is 84.8 Å². The van der Waals surface area contributed by atoms with Crippen molar-refractivity contribution >= 4 is 176 Å². The Labute approximate surface area is 852 Å². The van der Waals surface area contributed by atoms with E-state index in [1.54, 1.807) is 66.7 Å². The molecule has 22 rings (SSSR count). The number of Topliss-reactive ketones (excluding diaryl/α,β-unsaturated/α-hetero) is 2. The number of imidazole rings is 3. The fraction of sp³-hybridized carbons (Fsp3) is 0.500. The number of primary amides is 1. The number of ketones is 2. The number of hydrogen-bond donors (Lipinski definition) is 5. The molecule has 7 saturated carbocycles. The number of nitrogens with one attached hydrogen (secondary N) is 3. The number of ether oxygens (including phenoxy) is 3. The maximum atomic E-state index is 13.6. The number of halogens is 9. The molecule has 10 fully saturated rings. The second kappa shape index (κ2) is 42.4. The number of rotatable bonds is 24. The number of nitrogen functional groups attached to an aromatic ring is 1. The van der Waals surface area contributed by atoms with Crippen molar-refractivity contribution < 1.29 is 88.6 Å². The molecule has 6 unspecified atom stereocenters. The highest BCUT2D eigenvalue weighted by atomic mass is 35.5. The van der Waals surface area contributed by atoms with Gasteiger partial charge in [-0.15, -0.1) is 0 Å². The average Bonchev–Trinajstić information content (AvgIpc) is 1.62. The number of amides is 1. The van der Waals surface area contributed by atoms with Crippen LogP contribution >= 0.6 is 34.8 Å². The van der Waals surface area contributed by atoms with Gasteiger partial charge in [-0.05, 0) is 250 Å². The van der Waals surface area contributed by atoms with Crippen LogP contribution in [0.1, 0.15) is 260 Å². The number of hydrogen-bond acceptors (Lipinski definition) is 26. The predicted molar refractivity (Wildman–Crippen MR) is 544 cm³/mol. The Bertz CT molecular complexity index is 7410. The summed E-state index contributed by atoms with van der Waals surface area (Å²) in [6.07, 6.45) is 25.6. The second-order valence-electron chi connectivity index (χ2n) is 39.9. The maximum Gasteiger partial charge on any atom is 0.260 e. The van der Waals surface area contributed by atoms with E-state index in [4.69, 9.17) is 69.7 Å². The summed E-state index contributed by atoms with van der Waals surface area (Å²) in [5.41, 5.74) is 24.1. The van der Waals surface area contributed by atoms with Gasteiger partial charge in [0.2, 0.25) is 5.91 Å². The summed E-state index contributed by atoms with van der Waals surface area (Å²) < 4.78 is 200. The molecule has 3 saturated heterocycles. The third kappa shape index (κ3) is 24.3. The Hall–Kier alpha value is -10.3. The van der Waals surface area contributed by atoms with Gasteiger partial charge >= 0.3 is 0 Å². The topological polar surface area (TPSA) is 421 Å². The van der Waals surface area contributed by atoms with Crippen LogP contribution in [0.15, 0.2) is 122 Å². The van der Waals surface area contributed by atoms with Crippen molar-refractivity contribution in [2.75, 3.05) is 66.5 Å². The largest absolute Gasteiger partial charge is 0.398 e. The highest BCUT2D eigenvalue weighted by molar-refractivity contribution is 7.91. The first-order chi connectivity index (χ1) is 68.5. The number of nitrogens with zero attached hydrogens (tertiary/aromatic N) is 11. The number of aromatic nitrogens is 10. The number of benzene rings is 4. The number of aryl methyl sites for hydroxylation is 3. The summed E-state index contributed by atoms with van der Waals surface area (Å²) in [6, 6.07) is 28.4. The molecule has 11 aromatic rings. The van der Waals surface area contributed by atoms with Crippen LogP contribution in [-0.2, 0) is 87.2 Å². The van der Waals surface area contributed by atoms with Crippen molar-refractivity contribution in [2.45, 2.75) is 281 Å². The second-order valence-corrected chi connectivity index (χ2v) is 49.0. The molecule has 4 aromatic carbocycles. The van der Waals surface area contributed by atoms with Crippen molar-refractivity contribution in [1.29, 1.82) is 0 Å². The van der Waals surface area contributed by atoms with Gasteiger partial charge in [0, 0.05) is 95.1 Å². The van der Waals surface area contributed by atoms with E-state index in [-0.39, 0.29) is 57.5 Å². The predicted octanol–water partition coefficient (Wildman–Crippen LogP) is 21.9. The molecule has 1 amide bonds. The van der Waals surface area contributed by atoms with Gasteiger partial charge in [-0.3, -0.25) is 38.1 Å². The van der Waals surface area contributed by atoms with E-state index in [1.165, 1.54) is 37.9 Å². The van der Waals surface area contributed by atoms with Crippen molar-refractivity contribution in [3.63, 3.8) is 0 Å². The fourth-order valence-corrected chi connectivity index (χ4v) is 23.6. The molecular weight excluding hydrogens is 2020 g/mol. The highest BCUT2D eigenvalue weighted by Gasteiger charge is 2.62. The van der Waals surface area contributed by atoms with E-state index in [9.17, 15) is 74.4 Å². The van der Waals surface area contributed by atoms with Crippen LogP contribution in [-0.4, -0.2) is 168 Å². The third-order valence-corrected chi connectivity index (χ3v) is 33.9. The molecule has 7 N–H and O–H groups in total. The molecule has 30 nitrogen and oxygen atoms in total. The van der Waals surface area contributed by atoms with Gasteiger partial charge in [-0.2, -0.15) is 0 Å². The summed E-state index contributed by atoms with van der Waals surface area (Å²) in [5, 5.41) is 10.9. The lowest BCUT2D eigenvalue weighted by atomic mass is 9.80. The smallest absolute Gasteiger partial charge is 0.260 e. The highest BCUT2D eigenvalue weighted by Crippen LogP contribution is 2.53. The first-order valence-corrected chi connectivity index (χ1v) is 57.7. The first-order valence-electron chi connectivity index (χ1n) is 49.0. The van der Waals surface area contributed by atoms with E-state index in [1.807, 2.05) is 71.7 Å². The van der Waals surface area contributed by atoms with E-state index in [0.717, 1.165) is 168 Å². The zero-order valence-electron chi connectivity index (χ0n) is 81.5. The summed E-state index contributed by atoms with van der Waals surface area (Å²) in [6.45, 7) is 9.65. The first kappa shape index (κ1) is 106. The lowest BCUT2D eigenvalue weighted by molar-refractivity contribution is -0.122. The lowest BCUT2D eigenvalue weighted by Gasteiger charge is -2.26. The number of pyridine rings is 4. The minimum atomic E-state index is -3.57. The number of anilines is 7. The molecule has 4 aliphatic heterocycles. The minimum Gasteiger partial charge on any atom is -0.398 e. The molecule has 7 aliphatic carbocycles. The zero-order valence-corrected chi connectivity index (χ0v) is 87.1. The Balaban J connectivity index is 0.000000125. The standard InChI is InChI=1S/C28H32F2N4O4S.C24H25F2N3O3S.C23H27ClN4O3S.C12H13Cl2N3O.C11H15NO2S.C4H5F2NO/c1-16-31-26-22(33-21-10-9-18(17-6-5-7-17)12-24(21)39(2,36)37)13-19(14-23(35)20-15-28(20,29)30)32-27(26)34(16)25-8-3-4-11-38-25;1-13-8-19-23(27-13)20(10-16(28-19)11-21(30)17-12-24(17,25)26)29-18-7-6-15(14-4-3-5-14)9-22(18)33(2,31)32;1-14-25-22-18(13-20(24)27-23(22)28(14)21-8-3-4-11-31-21)26-17-10-9-16(15-6-5-7-15)12-19(17)32(2,29)30;1-7-15-11-8(13)6-9(14)16-12(11)17(7)10-4-2-3-5-18-10;1-15(13,14)11-7-9(5-6-10(11)12)8-3-2-4-8;5-4(6)1-2(4)3(7)8/h9-10,12-13,17,20,25H,3-8,11,14-15H2,1-2H3,(H,32,33);6-7,9-10,14,17H,3-5,8,11-12H2,1-2H3,(H,28,29);9-10,12-13,15,21H,3-8,11H2,1-2H3,(H,26,27);6,10H,2-5H2,1H3;5-8H,2-4,12H2,1H3;2H,1H2,(H2,7,8). The molecule has 0 radical (unpaired) electrons. The van der Waals surface area contributed by atoms with Crippen LogP contribution in [0.5, 0.6) is 0 Å². The molecule has 6 atom stereocenters. The maximum absolute atomic E-state index is 13.6. The number of alkyl halides is 6. The van der Waals surface area contributed by atoms with E-state index >= 15 is 0 Å². The monoisotopic (exact) mass is 2140 g/mol. The van der Waals surface area contributed by atoms with Crippen LogP contribution in [0.3, 0.4) is 0 Å². The number of nitrogens with two attached hydrogens (primary N) is 2. The summed E-state index contributed by atoms with van der Waals surface area (Å²) in [7, 11) is -13.7. The van der Waals surface area contributed by atoms with Gasteiger partial charge in [0.1, 0.15) is 86.2 Å². The molecule has 0 spiro atoms. The SMILES string of the molecule is CC1=Nc2c(Nc3ccc(C4CCC4)cc3S(C)(=O)=O)cc(CC(=O)C3CC3(F)F)nc2C1.CS(=O)(=O)c1cc(C2CCC2)ccc1N.Cc1nc2c(Cl)cc(Cl)nc2n1C1CCCCO1.Cc1nc2c(Nc3ccc(C4CCC4)cc3S(C)(=O)=O)cc(CC(=O)C3CC3(F)F)nc2n1C1CCCCO1.Cc1nc2c(Nc3ccc(C4CCC4)cc3S(C)(=O)=O)cc(Cl)nc2n1C1CCCCO1.NC(=O)C1CC1(F)F. The normalized spacial score (nSPS) is 21.5. The van der Waals surface area contributed by atoms with Crippen LogP contribution in [0.2, 0.25) is 15.3 Å². The van der Waals surface area contributed by atoms with Crippen LogP contribution < -0.4 is 27.4 Å². The lowest BCUT2D eigenvalue weighted by Crippen LogP contribution is -2.20. The van der Waals surface area contributed by atoms with Crippen molar-refractivity contribution in [1.82, 2.24) is 48.6 Å². The molecule has 43 heteroatoms. The molecule has 7 aromatic heterocycles. The molecule has 0 bridgehead atoms. The zero-order chi connectivity index (χ0) is 104. The summed E-state index contributed by atoms with van der Waals surface area (Å²) >= 11 is 18.5. The van der Waals surface area contributed by atoms with Crippen molar-refractivity contribution in [3.05, 3.63) is 169 Å². The Morgan fingerprint density at radius 1 is 0.400 bits per heavy atom. The van der Waals surface area contributed by atoms with Gasteiger partial charge in [0.15, 0.2) is 56.3 Å². The molecule has 776 valence electrons. The summed E-state index contributed by atoms with van der Waals surface area (Å²) in [5.74, 6) is -10.3. The van der Waals surface area contributed by atoms with Crippen molar-refractivity contribution in [3.8, 4) is 0 Å². The molecule has 145 heavy (non-hydrogen) atoms. The number of carbonyl (C=O) groups is 3. The van der Waals surface area contributed by atoms with E-state index in [0.29, 0.717) is 161 Å². The fourth-order valence-electron chi connectivity index (χ4n) is 19.5. The quantitative estimate of drug-likeness (QED) is 0.0213. The van der Waals surface area contributed by atoms with Gasteiger partial charge < -0.3 is 41.6 Å². The Morgan fingerprint density at radius 2 is 0.731 bits per heavy atom. The molecular formula is C102H117Cl3F6N16O14S4. The number of aliphatic imine (C=N–C) groups is 1. The molecule has 11 heterocycles. The van der Waals surface area contributed by atoms with Crippen LogP contribution in [0.4, 0.5) is 71.8 Å². The van der Waals surface area contributed by atoms with Crippen LogP contribution in [0.25, 0.3) is 33.5 Å². The van der Waals surface area contributed by atoms with E-state index < -0.39 is 105 Å². The minimum absolute atomic E-state index is 0.00853. The van der Waals surface area contributed by atoms with Gasteiger partial charge in [-0.25, -0.2) is 89.9 Å². The Kier molecular flexibility index (Phi) is 31.0. The third-order valence-electron chi connectivity index (χ3n) is 28.7. The summed E-state index contributed by atoms with van der Waals surface area (Å²) in [4.78, 5) is 72.3. The van der Waals surface area contributed by atoms with Crippen LogP contribution in [0, 0.1) is 38.5 Å². The van der Waals surface area contributed by atoms with Gasteiger partial charge in [0.05, 0.1) is 93.3 Å². The number of carbonyl (C=O) groups excluding carboxylic acids is 3. The molecule has 11 aliphatic rings. The number of sulfone groups is 4. The van der Waals surface area contributed by atoms with Gasteiger partial charge in [0.25, 0.3) is 17.8 Å². The van der Waals surface area contributed by atoms with E-state index in [2.05, 4.69) is 46.6 Å². The Morgan fingerprint density at radius 3 is 1.08 bits per heavy atom.